The number of rotatable bonds is 6. The van der Waals surface area contributed by atoms with Gasteiger partial charge in [-0.3, -0.25) is 4.72 Å². The fraction of sp³-hybridized carbons (Fsp3) is 0.0556. The lowest BCUT2D eigenvalue weighted by atomic mass is 10.3. The largest absolute Gasteiger partial charge is 0.504 e. The van der Waals surface area contributed by atoms with E-state index in [9.17, 15) is 13.5 Å². The Hall–Kier alpha value is -3.46. The van der Waals surface area contributed by atoms with Crippen LogP contribution in [-0.2, 0) is 10.0 Å². The number of aromatic nitrogens is 1. The van der Waals surface area contributed by atoms with E-state index < -0.39 is 10.0 Å². The van der Waals surface area contributed by atoms with Crippen molar-refractivity contribution in [3.8, 4) is 11.5 Å². The molecule has 0 fully saturated rings. The standard InChI is InChI=1S/C18H16N4O4S/c1-26-17-12-14(7-10-16(17)23)21-20-13-5-8-15(9-6-13)27(24,25)22-18-4-2-3-11-19-18/h2-12,23H,1H3,(H,19,22)/b21-20+. The third-order valence-corrected chi connectivity index (χ3v) is 4.87. The van der Waals surface area contributed by atoms with Crippen LogP contribution in [-0.4, -0.2) is 25.6 Å². The molecule has 0 saturated carbocycles. The van der Waals surface area contributed by atoms with Gasteiger partial charge in [-0.2, -0.15) is 10.2 Å². The van der Waals surface area contributed by atoms with E-state index in [-0.39, 0.29) is 22.2 Å². The minimum Gasteiger partial charge on any atom is -0.504 e. The van der Waals surface area contributed by atoms with Crippen molar-refractivity contribution in [1.82, 2.24) is 4.98 Å². The zero-order valence-corrected chi connectivity index (χ0v) is 15.1. The maximum atomic E-state index is 12.4. The first-order valence-electron chi connectivity index (χ1n) is 7.80. The van der Waals surface area contributed by atoms with Gasteiger partial charge in [0.2, 0.25) is 0 Å². The second-order valence-electron chi connectivity index (χ2n) is 5.37. The van der Waals surface area contributed by atoms with Crippen molar-refractivity contribution in [2.45, 2.75) is 4.90 Å². The van der Waals surface area contributed by atoms with Gasteiger partial charge in [-0.05, 0) is 48.5 Å². The molecule has 0 aliphatic heterocycles. The van der Waals surface area contributed by atoms with Crippen LogP contribution in [0, 0.1) is 0 Å². The predicted octanol–water partition coefficient (Wildman–Crippen LogP) is 4.01. The van der Waals surface area contributed by atoms with Crippen molar-refractivity contribution in [3.05, 3.63) is 66.9 Å². The van der Waals surface area contributed by atoms with Gasteiger partial charge in [0, 0.05) is 12.3 Å². The third kappa shape index (κ3) is 4.59. The SMILES string of the molecule is COc1cc(/N=N/c2ccc(S(=O)(=O)Nc3ccccn3)cc2)ccc1O. The minimum absolute atomic E-state index is 0.00594. The number of nitrogens with one attached hydrogen (secondary N) is 1. The number of hydrogen-bond acceptors (Lipinski definition) is 7. The van der Waals surface area contributed by atoms with Crippen molar-refractivity contribution in [3.63, 3.8) is 0 Å². The Balaban J connectivity index is 1.75. The van der Waals surface area contributed by atoms with Crippen LogP contribution in [0.15, 0.2) is 82.0 Å². The second-order valence-corrected chi connectivity index (χ2v) is 7.05. The molecule has 0 radical (unpaired) electrons. The van der Waals surface area contributed by atoms with Crippen LogP contribution >= 0.6 is 0 Å². The molecular weight excluding hydrogens is 368 g/mol. The van der Waals surface area contributed by atoms with Gasteiger partial charge in [-0.1, -0.05) is 6.07 Å². The molecule has 27 heavy (non-hydrogen) atoms. The average Bonchev–Trinajstić information content (AvgIpc) is 2.68. The van der Waals surface area contributed by atoms with Gasteiger partial charge in [0.1, 0.15) is 5.82 Å². The minimum atomic E-state index is -3.74. The topological polar surface area (TPSA) is 113 Å². The van der Waals surface area contributed by atoms with Gasteiger partial charge in [0.05, 0.1) is 23.4 Å². The molecule has 2 aromatic carbocycles. The van der Waals surface area contributed by atoms with E-state index in [0.717, 1.165) is 0 Å². The number of phenolic OH excluding ortho intramolecular Hbond substituents is 1. The summed E-state index contributed by atoms with van der Waals surface area (Å²) in [5.41, 5.74) is 0.956. The van der Waals surface area contributed by atoms with Gasteiger partial charge >= 0.3 is 0 Å². The zero-order valence-electron chi connectivity index (χ0n) is 14.3. The number of hydrogen-bond donors (Lipinski definition) is 2. The fourth-order valence-corrected chi connectivity index (χ4v) is 3.16. The lowest BCUT2D eigenvalue weighted by Crippen LogP contribution is -2.13. The van der Waals surface area contributed by atoms with Crippen LogP contribution in [0.25, 0.3) is 0 Å². The molecule has 0 aliphatic rings. The number of nitrogens with zero attached hydrogens (tertiary/aromatic N) is 3. The maximum Gasteiger partial charge on any atom is 0.263 e. The van der Waals surface area contributed by atoms with Crippen molar-refractivity contribution in [2.24, 2.45) is 10.2 Å². The van der Waals surface area contributed by atoms with Crippen LogP contribution in [0.3, 0.4) is 0 Å². The molecule has 1 heterocycles. The Morgan fingerprint density at radius 2 is 1.70 bits per heavy atom. The molecule has 9 heteroatoms. The van der Waals surface area contributed by atoms with E-state index in [2.05, 4.69) is 19.9 Å². The van der Waals surface area contributed by atoms with Crippen LogP contribution < -0.4 is 9.46 Å². The molecular formula is C18H16N4O4S. The van der Waals surface area contributed by atoms with Crippen molar-refractivity contribution >= 4 is 27.2 Å². The number of aromatic hydroxyl groups is 1. The quantitative estimate of drug-likeness (QED) is 0.623. The fourth-order valence-electron chi connectivity index (χ4n) is 2.16. The number of anilines is 1. The van der Waals surface area contributed by atoms with Gasteiger partial charge in [-0.15, -0.1) is 0 Å². The Morgan fingerprint density at radius 3 is 2.37 bits per heavy atom. The summed E-state index contributed by atoms with van der Waals surface area (Å²) in [6.45, 7) is 0. The number of phenols is 1. The molecule has 1 aromatic heterocycles. The molecule has 0 bridgehead atoms. The average molecular weight is 384 g/mol. The molecule has 0 atom stereocenters. The summed E-state index contributed by atoms with van der Waals surface area (Å²) in [7, 11) is -2.30. The van der Waals surface area contributed by atoms with Crippen molar-refractivity contribution < 1.29 is 18.3 Å². The van der Waals surface area contributed by atoms with Crippen LogP contribution in [0.2, 0.25) is 0 Å². The molecule has 0 saturated heterocycles. The first-order valence-corrected chi connectivity index (χ1v) is 9.29. The van der Waals surface area contributed by atoms with Crippen molar-refractivity contribution in [1.29, 1.82) is 0 Å². The lowest BCUT2D eigenvalue weighted by molar-refractivity contribution is 0.373. The van der Waals surface area contributed by atoms with Crippen molar-refractivity contribution in [2.75, 3.05) is 11.8 Å². The van der Waals surface area contributed by atoms with Crippen LogP contribution in [0.5, 0.6) is 11.5 Å². The van der Waals surface area contributed by atoms with Crippen LogP contribution in [0.4, 0.5) is 17.2 Å². The molecule has 138 valence electrons. The van der Waals surface area contributed by atoms with Gasteiger partial charge < -0.3 is 9.84 Å². The maximum absolute atomic E-state index is 12.4. The Kier molecular flexibility index (Phi) is 5.32. The van der Waals surface area contributed by atoms with E-state index in [0.29, 0.717) is 11.4 Å². The molecule has 0 aliphatic carbocycles. The number of methoxy groups -OCH3 is 1. The number of azo groups is 1. The van der Waals surface area contributed by atoms with E-state index in [1.165, 1.54) is 49.7 Å². The molecule has 0 spiro atoms. The summed E-state index contributed by atoms with van der Waals surface area (Å²) in [5, 5.41) is 17.7. The predicted molar refractivity (Wildman–Crippen MR) is 100 cm³/mol. The van der Waals surface area contributed by atoms with E-state index in [1.54, 1.807) is 24.3 Å². The van der Waals surface area contributed by atoms with Gasteiger partial charge in [0.25, 0.3) is 10.0 Å². The lowest BCUT2D eigenvalue weighted by Gasteiger charge is -2.07. The summed E-state index contributed by atoms with van der Waals surface area (Å²) < 4.78 is 32.1. The summed E-state index contributed by atoms with van der Waals surface area (Å²) in [6, 6.07) is 15.4. The Morgan fingerprint density at radius 1 is 1.00 bits per heavy atom. The summed E-state index contributed by atoms with van der Waals surface area (Å²) >= 11 is 0. The van der Waals surface area contributed by atoms with Gasteiger partial charge in [0.15, 0.2) is 11.5 Å². The normalized spacial score (nSPS) is 11.4. The molecule has 0 amide bonds. The highest BCUT2D eigenvalue weighted by molar-refractivity contribution is 7.92. The first kappa shape index (κ1) is 18.3. The highest BCUT2D eigenvalue weighted by Crippen LogP contribution is 2.31. The second kappa shape index (κ2) is 7.83. The monoisotopic (exact) mass is 384 g/mol. The Bertz CT molecular complexity index is 1050. The summed E-state index contributed by atoms with van der Waals surface area (Å²) in [4.78, 5) is 4.02. The van der Waals surface area contributed by atoms with E-state index >= 15 is 0 Å². The molecule has 2 N–H and O–H groups in total. The summed E-state index contributed by atoms with van der Waals surface area (Å²) in [6.07, 6.45) is 1.50. The molecule has 0 unspecified atom stereocenters. The highest BCUT2D eigenvalue weighted by atomic mass is 32.2. The number of sulfonamides is 1. The smallest absolute Gasteiger partial charge is 0.263 e. The van der Waals surface area contributed by atoms with E-state index in [4.69, 9.17) is 4.74 Å². The molecule has 8 nitrogen and oxygen atoms in total. The van der Waals surface area contributed by atoms with Crippen LogP contribution in [0.1, 0.15) is 0 Å². The first-order chi connectivity index (χ1) is 13.0. The highest BCUT2D eigenvalue weighted by Gasteiger charge is 2.14. The zero-order chi connectivity index (χ0) is 19.3. The number of pyridine rings is 1. The summed E-state index contributed by atoms with van der Waals surface area (Å²) in [5.74, 6) is 0.530. The number of benzene rings is 2. The molecule has 3 aromatic rings. The third-order valence-electron chi connectivity index (χ3n) is 3.50. The van der Waals surface area contributed by atoms with E-state index in [1.807, 2.05) is 0 Å². The van der Waals surface area contributed by atoms with Gasteiger partial charge in [-0.25, -0.2) is 13.4 Å². The number of ether oxygens (including phenoxy) is 1. The Labute approximate surface area is 156 Å². The molecule has 3 rings (SSSR count).